The Morgan fingerprint density at radius 1 is 0.904 bits per heavy atom. The Morgan fingerprint density at radius 2 is 1.60 bits per heavy atom. The molecule has 52 heavy (non-hydrogen) atoms. The smallest absolute Gasteiger partial charge is 0.370 e. The summed E-state index contributed by atoms with van der Waals surface area (Å²) in [5.74, 6) is 3.67. The van der Waals surface area contributed by atoms with Crippen LogP contribution in [0.4, 0.5) is 4.39 Å². The molecule has 7 aliphatic rings. The molecule has 0 bridgehead atoms. The van der Waals surface area contributed by atoms with Gasteiger partial charge < -0.3 is 15.0 Å². The molecule has 9 heteroatoms. The zero-order valence-corrected chi connectivity index (χ0v) is 33.6. The molecule has 4 saturated carbocycles. The maximum Gasteiger partial charge on any atom is 0.373 e. The van der Waals surface area contributed by atoms with Crippen LogP contribution in [0.3, 0.4) is 0 Å². The number of allylic oxidation sites excluding steroid dienone is 2. The van der Waals surface area contributed by atoms with Crippen molar-refractivity contribution in [2.45, 2.75) is 117 Å². The minimum atomic E-state index is -2.86. The summed E-state index contributed by atoms with van der Waals surface area (Å²) in [6, 6.07) is 5.89. The number of carbonyl (C=O) groups excluding carboxylic acids is 2. The van der Waals surface area contributed by atoms with E-state index in [2.05, 4.69) is 63.9 Å². The van der Waals surface area contributed by atoms with Crippen molar-refractivity contribution in [3.8, 4) is 0 Å². The summed E-state index contributed by atoms with van der Waals surface area (Å²) in [5, 5.41) is 4.24. The first kappa shape index (κ1) is 38.4. The Hall–Kier alpha value is -1.90. The molecule has 0 radical (unpaired) electrons. The van der Waals surface area contributed by atoms with Crippen molar-refractivity contribution in [3.05, 3.63) is 41.2 Å². The van der Waals surface area contributed by atoms with Gasteiger partial charge in [0, 0.05) is 31.7 Å². The number of sulfone groups is 1. The molecular formula is C43H63FN2O5S. The van der Waals surface area contributed by atoms with E-state index in [1.54, 1.807) is 6.07 Å². The number of benzene rings is 1. The van der Waals surface area contributed by atoms with Crippen LogP contribution in [0.5, 0.6) is 0 Å². The molecular weight excluding hydrogens is 676 g/mol. The Balaban J connectivity index is 0.00000136. The Labute approximate surface area is 312 Å². The summed E-state index contributed by atoms with van der Waals surface area (Å²) in [6.45, 7) is 21.4. The van der Waals surface area contributed by atoms with Crippen LogP contribution >= 0.6 is 0 Å². The van der Waals surface area contributed by atoms with Gasteiger partial charge in [-0.2, -0.15) is 9.59 Å². The first-order valence-electron chi connectivity index (χ1n) is 20.2. The van der Waals surface area contributed by atoms with Gasteiger partial charge in [0.2, 0.25) is 0 Å². The van der Waals surface area contributed by atoms with Crippen LogP contribution in [0, 0.1) is 64.0 Å². The topological polar surface area (TPSA) is 96.1 Å². The Bertz CT molecular complexity index is 1720. The number of fused-ring (bicyclic) bond motifs is 7. The average Bonchev–Trinajstić information content (AvgIpc) is 3.70. The van der Waals surface area contributed by atoms with Crippen LogP contribution in [-0.2, 0) is 24.2 Å². The van der Waals surface area contributed by atoms with E-state index < -0.39 is 9.84 Å². The lowest BCUT2D eigenvalue weighted by Gasteiger charge is -2.72. The van der Waals surface area contributed by atoms with E-state index in [0.717, 1.165) is 37.2 Å². The molecule has 1 N–H and O–H groups in total. The third kappa shape index (κ3) is 5.93. The largest absolute Gasteiger partial charge is 0.373 e. The number of hydrogen-bond donors (Lipinski definition) is 1. The van der Waals surface area contributed by atoms with E-state index in [0.29, 0.717) is 54.2 Å². The van der Waals surface area contributed by atoms with Crippen molar-refractivity contribution in [2.75, 3.05) is 44.3 Å². The standard InChI is InChI=1S/C42H63FN2O3S.CO2/c1-28-8-9-29(26-33(28)43)30-12-15-38(4)34(37(30,2)3)14-16-40(6)35(38)11-10-31-36-32(41(7)27-48-41)13-17-42(36,19-18-39(31,40)5)44-20-21-45-22-24-49(46,47)25-23-45;2-1-3/h8-9,12,26,31-32,34-36,44H,10-11,13-25,27H2,1-7H3;/t31-,32-,34+,35-,36+,38+,39-,40-,41?,42+;/m1./s1. The Morgan fingerprint density at radius 3 is 2.25 bits per heavy atom. The number of rotatable bonds is 6. The summed E-state index contributed by atoms with van der Waals surface area (Å²) in [4.78, 5) is 18.6. The lowest BCUT2D eigenvalue weighted by Crippen LogP contribution is -2.68. The molecule has 0 aromatic heterocycles. The molecule has 2 saturated heterocycles. The monoisotopic (exact) mass is 738 g/mol. The van der Waals surface area contributed by atoms with Gasteiger partial charge in [-0.15, -0.1) is 0 Å². The minimum Gasteiger partial charge on any atom is -0.370 e. The van der Waals surface area contributed by atoms with Gasteiger partial charge >= 0.3 is 6.15 Å². The van der Waals surface area contributed by atoms with Crippen molar-refractivity contribution in [3.63, 3.8) is 0 Å². The lowest BCUT2D eigenvalue weighted by molar-refractivity contribution is -0.221. The van der Waals surface area contributed by atoms with Crippen LogP contribution in [0.2, 0.25) is 0 Å². The van der Waals surface area contributed by atoms with Gasteiger partial charge in [-0.3, -0.25) is 0 Å². The zero-order chi connectivity index (χ0) is 37.5. The van der Waals surface area contributed by atoms with E-state index in [-0.39, 0.29) is 44.8 Å². The number of halogens is 1. The highest BCUT2D eigenvalue weighted by atomic mass is 32.2. The number of nitrogens with one attached hydrogen (secondary N) is 1. The molecule has 0 spiro atoms. The summed E-state index contributed by atoms with van der Waals surface area (Å²) in [6.07, 6.45) is 14.0. The highest BCUT2D eigenvalue weighted by Crippen LogP contribution is 2.77. The molecule has 6 fully saturated rings. The summed E-state index contributed by atoms with van der Waals surface area (Å²) >= 11 is 0. The lowest BCUT2D eigenvalue weighted by atomic mass is 9.33. The Kier molecular flexibility index (Phi) is 9.67. The van der Waals surface area contributed by atoms with Gasteiger partial charge in [0.05, 0.1) is 23.7 Å². The van der Waals surface area contributed by atoms with Crippen molar-refractivity contribution in [2.24, 2.45) is 51.2 Å². The van der Waals surface area contributed by atoms with Gasteiger partial charge in [0.25, 0.3) is 0 Å². The fourth-order valence-corrected chi connectivity index (χ4v) is 15.5. The minimum absolute atomic E-state index is 0.00752. The van der Waals surface area contributed by atoms with Crippen molar-refractivity contribution >= 4 is 21.6 Å². The van der Waals surface area contributed by atoms with Crippen molar-refractivity contribution in [1.29, 1.82) is 0 Å². The number of aryl methyl sites for hydroxylation is 1. The SMILES string of the molecule is Cc1ccc(C2=CC[C@]3(C)[C@H]4CC[C@@H]5[C@H]6[C@H](C7(C)CO7)CC[C@]6(NCCN6CCS(=O)(=O)CC6)CC[C@@]5(C)[C@]4(C)CC[C@H]3C2(C)C)cc1F.O=C=O. The van der Waals surface area contributed by atoms with E-state index in [9.17, 15) is 12.8 Å². The van der Waals surface area contributed by atoms with Gasteiger partial charge in [-0.1, -0.05) is 52.8 Å². The molecule has 2 heterocycles. The highest BCUT2D eigenvalue weighted by Gasteiger charge is 2.72. The van der Waals surface area contributed by atoms with Gasteiger partial charge in [0.15, 0.2) is 9.84 Å². The predicted octanol–water partition coefficient (Wildman–Crippen LogP) is 7.49. The van der Waals surface area contributed by atoms with Crippen LogP contribution in [0.15, 0.2) is 24.3 Å². The molecule has 0 amide bonds. The van der Waals surface area contributed by atoms with Gasteiger partial charge in [0.1, 0.15) is 5.82 Å². The molecule has 1 unspecified atom stereocenters. The molecule has 10 atom stereocenters. The van der Waals surface area contributed by atoms with E-state index in [1.165, 1.54) is 56.9 Å². The van der Waals surface area contributed by atoms with E-state index in [4.69, 9.17) is 14.3 Å². The number of hydrogen-bond acceptors (Lipinski definition) is 7. The third-order valence-corrected chi connectivity index (χ3v) is 18.8. The maximum atomic E-state index is 14.8. The fourth-order valence-electron chi connectivity index (χ4n) is 14.2. The van der Waals surface area contributed by atoms with E-state index in [1.807, 2.05) is 13.0 Å². The second-order valence-corrected chi connectivity index (χ2v) is 21.9. The first-order valence-corrected chi connectivity index (χ1v) is 22.0. The van der Waals surface area contributed by atoms with Crippen LogP contribution in [0.25, 0.3) is 5.57 Å². The average molecular weight is 739 g/mol. The van der Waals surface area contributed by atoms with E-state index >= 15 is 0 Å². The first-order chi connectivity index (χ1) is 24.4. The zero-order valence-electron chi connectivity index (χ0n) is 32.8. The second kappa shape index (κ2) is 13.1. The quantitative estimate of drug-likeness (QED) is 0.303. The van der Waals surface area contributed by atoms with Crippen LogP contribution < -0.4 is 5.32 Å². The molecule has 288 valence electrons. The summed E-state index contributed by atoms with van der Waals surface area (Å²) in [7, 11) is -2.86. The van der Waals surface area contributed by atoms with Crippen molar-refractivity contribution < 1.29 is 27.1 Å². The maximum absolute atomic E-state index is 14.8. The summed E-state index contributed by atoms with van der Waals surface area (Å²) < 4.78 is 45.2. The molecule has 8 rings (SSSR count). The molecule has 2 aliphatic heterocycles. The molecule has 7 nitrogen and oxygen atoms in total. The predicted molar refractivity (Wildman–Crippen MR) is 201 cm³/mol. The van der Waals surface area contributed by atoms with Gasteiger partial charge in [-0.05, 0) is 146 Å². The van der Waals surface area contributed by atoms with Crippen molar-refractivity contribution in [1.82, 2.24) is 10.2 Å². The molecule has 1 aromatic carbocycles. The number of ether oxygens (including phenoxy) is 1. The highest BCUT2D eigenvalue weighted by molar-refractivity contribution is 7.91. The number of epoxide rings is 1. The number of nitrogens with zero attached hydrogens (tertiary/aromatic N) is 1. The van der Waals surface area contributed by atoms with Crippen LogP contribution in [-0.4, -0.2) is 74.9 Å². The normalized spacial score (nSPS) is 44.4. The second-order valence-electron chi connectivity index (χ2n) is 19.6. The summed E-state index contributed by atoms with van der Waals surface area (Å²) in [5.41, 5.74) is 4.11. The molecule has 5 aliphatic carbocycles. The fraction of sp³-hybridized carbons (Fsp3) is 0.791. The molecule has 1 aromatic rings. The van der Waals surface area contributed by atoms with Gasteiger partial charge in [-0.25, -0.2) is 12.8 Å². The third-order valence-electron chi connectivity index (χ3n) is 17.2. The van der Waals surface area contributed by atoms with Crippen LogP contribution in [0.1, 0.15) is 110 Å².